The van der Waals surface area contributed by atoms with Gasteiger partial charge in [0.15, 0.2) is 0 Å². The van der Waals surface area contributed by atoms with Gasteiger partial charge in [0.1, 0.15) is 5.75 Å². The van der Waals surface area contributed by atoms with E-state index in [0.717, 1.165) is 11.3 Å². The molecule has 25 heavy (non-hydrogen) atoms. The molecule has 0 saturated carbocycles. The maximum Gasteiger partial charge on any atom is 0.315 e. The Morgan fingerprint density at radius 2 is 1.96 bits per heavy atom. The predicted molar refractivity (Wildman–Crippen MR) is 93.0 cm³/mol. The number of alkyl halides is 2. The van der Waals surface area contributed by atoms with Gasteiger partial charge in [-0.3, -0.25) is 4.90 Å². The van der Waals surface area contributed by atoms with E-state index < -0.39 is 6.43 Å². The fraction of sp³-hybridized carbons (Fsp3) is 0.611. The third-order valence-electron chi connectivity index (χ3n) is 4.09. The van der Waals surface area contributed by atoms with Gasteiger partial charge in [-0.2, -0.15) is 0 Å². The molecule has 0 aromatic heterocycles. The summed E-state index contributed by atoms with van der Waals surface area (Å²) in [5.74, 6) is 0.762. The first-order valence-corrected chi connectivity index (χ1v) is 8.73. The number of nitrogens with one attached hydrogen (secondary N) is 2. The smallest absolute Gasteiger partial charge is 0.315 e. The fourth-order valence-corrected chi connectivity index (χ4v) is 2.89. The highest BCUT2D eigenvalue weighted by molar-refractivity contribution is 5.74. The molecule has 2 N–H and O–H groups in total. The molecule has 7 heteroatoms. The molecular weight excluding hydrogens is 328 g/mol. The number of urea groups is 1. The molecule has 1 saturated heterocycles. The molecule has 0 atom stereocenters. The average molecular weight is 355 g/mol. The van der Waals surface area contributed by atoms with Gasteiger partial charge in [0, 0.05) is 31.2 Å². The first-order chi connectivity index (χ1) is 11.9. The quantitative estimate of drug-likeness (QED) is 0.791. The Labute approximate surface area is 147 Å². The lowest BCUT2D eigenvalue weighted by molar-refractivity contribution is 0.0737. The van der Waals surface area contributed by atoms with E-state index in [1.54, 1.807) is 4.90 Å². The number of hydrogen-bond acceptors (Lipinski definition) is 3. The van der Waals surface area contributed by atoms with Crippen LogP contribution in [-0.4, -0.2) is 49.1 Å². The number of carbonyl (C=O) groups excluding carboxylic acids is 1. The largest absolute Gasteiger partial charge is 0.491 e. The van der Waals surface area contributed by atoms with Crippen LogP contribution < -0.4 is 15.4 Å². The number of nitrogens with zero attached hydrogens (tertiary/aromatic N) is 1. The van der Waals surface area contributed by atoms with E-state index in [0.29, 0.717) is 32.5 Å². The van der Waals surface area contributed by atoms with Gasteiger partial charge in [0.25, 0.3) is 6.43 Å². The second-order valence-electron chi connectivity index (χ2n) is 6.57. The maximum absolute atomic E-state index is 12.4. The normalized spacial score (nSPS) is 16.2. The molecule has 1 aromatic carbocycles. The van der Waals surface area contributed by atoms with Gasteiger partial charge < -0.3 is 15.4 Å². The zero-order chi connectivity index (χ0) is 18.2. The van der Waals surface area contributed by atoms with Crippen molar-refractivity contribution in [1.82, 2.24) is 15.5 Å². The van der Waals surface area contributed by atoms with E-state index >= 15 is 0 Å². The van der Waals surface area contributed by atoms with Crippen LogP contribution in [0.1, 0.15) is 32.3 Å². The van der Waals surface area contributed by atoms with Crippen LogP contribution in [0.3, 0.4) is 0 Å². The van der Waals surface area contributed by atoms with Gasteiger partial charge in [-0.05, 0) is 32.8 Å². The van der Waals surface area contributed by atoms with Crippen molar-refractivity contribution in [2.75, 3.05) is 19.6 Å². The predicted octanol–water partition coefficient (Wildman–Crippen LogP) is 3.00. The minimum absolute atomic E-state index is 0.0241. The van der Waals surface area contributed by atoms with Crippen LogP contribution in [0.15, 0.2) is 24.3 Å². The van der Waals surface area contributed by atoms with Gasteiger partial charge in [-0.25, -0.2) is 13.6 Å². The van der Waals surface area contributed by atoms with Crippen LogP contribution in [0.4, 0.5) is 13.6 Å². The van der Waals surface area contributed by atoms with Gasteiger partial charge in [-0.1, -0.05) is 18.2 Å². The summed E-state index contributed by atoms with van der Waals surface area (Å²) >= 11 is 0. The monoisotopic (exact) mass is 355 g/mol. The van der Waals surface area contributed by atoms with Gasteiger partial charge >= 0.3 is 6.03 Å². The molecular formula is C18H27F2N3O2. The lowest BCUT2D eigenvalue weighted by Gasteiger charge is -2.32. The minimum atomic E-state index is -2.30. The summed E-state index contributed by atoms with van der Waals surface area (Å²) in [6.45, 7) is 5.26. The molecule has 0 spiro atoms. The molecule has 2 rings (SSSR count). The number of benzene rings is 1. The Morgan fingerprint density at radius 3 is 2.60 bits per heavy atom. The molecule has 5 nitrogen and oxygen atoms in total. The summed E-state index contributed by atoms with van der Waals surface area (Å²) < 4.78 is 30.5. The van der Waals surface area contributed by atoms with E-state index in [2.05, 4.69) is 10.6 Å². The van der Waals surface area contributed by atoms with Crippen molar-refractivity contribution < 1.29 is 18.3 Å². The summed E-state index contributed by atoms with van der Waals surface area (Å²) in [6, 6.07) is 7.38. The number of ether oxygens (including phenoxy) is 1. The average Bonchev–Trinajstić information content (AvgIpc) is 2.55. The summed E-state index contributed by atoms with van der Waals surface area (Å²) in [6.07, 6.45) is -0.866. The molecule has 0 aliphatic carbocycles. The van der Waals surface area contributed by atoms with E-state index in [9.17, 15) is 13.6 Å². The zero-order valence-corrected chi connectivity index (χ0v) is 14.8. The lowest BCUT2D eigenvalue weighted by Crippen LogP contribution is -2.48. The molecule has 0 unspecified atom stereocenters. The third-order valence-corrected chi connectivity index (χ3v) is 4.09. The summed E-state index contributed by atoms with van der Waals surface area (Å²) in [4.78, 5) is 13.8. The first kappa shape index (κ1) is 19.4. The standard InChI is InChI=1S/C18H27F2N3O2/c1-13(2)25-16-6-4-3-5-14(16)11-21-18(24)22-15-7-9-23(10-8-15)12-17(19)20/h3-6,13,15,17H,7-12H2,1-2H3,(H2,21,22,24). The second-order valence-corrected chi connectivity index (χ2v) is 6.57. The molecule has 0 radical (unpaired) electrons. The molecule has 140 valence electrons. The van der Waals surface area contributed by atoms with Gasteiger partial charge in [0.2, 0.25) is 0 Å². The van der Waals surface area contributed by atoms with Crippen molar-refractivity contribution in [3.63, 3.8) is 0 Å². The Kier molecular flexibility index (Phi) is 7.43. The molecule has 2 amide bonds. The van der Waals surface area contributed by atoms with Crippen molar-refractivity contribution >= 4 is 6.03 Å². The highest BCUT2D eigenvalue weighted by Crippen LogP contribution is 2.19. The Balaban J connectivity index is 1.75. The molecule has 1 fully saturated rings. The molecule has 1 aliphatic rings. The van der Waals surface area contributed by atoms with Crippen molar-refractivity contribution in [1.29, 1.82) is 0 Å². The van der Waals surface area contributed by atoms with Crippen LogP contribution in [-0.2, 0) is 6.54 Å². The van der Waals surface area contributed by atoms with E-state index in [1.165, 1.54) is 0 Å². The SMILES string of the molecule is CC(C)Oc1ccccc1CNC(=O)NC1CCN(CC(F)F)CC1. The highest BCUT2D eigenvalue weighted by Gasteiger charge is 2.22. The highest BCUT2D eigenvalue weighted by atomic mass is 19.3. The summed E-state index contributed by atoms with van der Waals surface area (Å²) in [5, 5.41) is 5.76. The Morgan fingerprint density at radius 1 is 1.28 bits per heavy atom. The van der Waals surface area contributed by atoms with Crippen LogP contribution >= 0.6 is 0 Å². The number of carbonyl (C=O) groups is 1. The van der Waals surface area contributed by atoms with Crippen molar-refractivity contribution in [2.24, 2.45) is 0 Å². The van der Waals surface area contributed by atoms with Crippen LogP contribution in [0, 0.1) is 0 Å². The number of para-hydroxylation sites is 1. The number of piperidine rings is 1. The molecule has 1 heterocycles. The summed E-state index contributed by atoms with van der Waals surface area (Å²) in [7, 11) is 0. The minimum Gasteiger partial charge on any atom is -0.491 e. The maximum atomic E-state index is 12.4. The summed E-state index contributed by atoms with van der Waals surface area (Å²) in [5.41, 5.74) is 0.915. The Hall–Kier alpha value is -1.89. The topological polar surface area (TPSA) is 53.6 Å². The van der Waals surface area contributed by atoms with Crippen LogP contribution in [0.2, 0.25) is 0 Å². The first-order valence-electron chi connectivity index (χ1n) is 8.73. The lowest BCUT2D eigenvalue weighted by atomic mass is 10.1. The second kappa shape index (κ2) is 9.56. The van der Waals surface area contributed by atoms with E-state index in [1.807, 2.05) is 38.1 Å². The van der Waals surface area contributed by atoms with Gasteiger partial charge in [-0.15, -0.1) is 0 Å². The number of halogens is 2. The molecule has 0 bridgehead atoms. The van der Waals surface area contributed by atoms with E-state index in [4.69, 9.17) is 4.74 Å². The fourth-order valence-electron chi connectivity index (χ4n) is 2.89. The van der Waals surface area contributed by atoms with E-state index in [-0.39, 0.29) is 24.7 Å². The van der Waals surface area contributed by atoms with Crippen LogP contribution in [0.25, 0.3) is 0 Å². The number of hydrogen-bond donors (Lipinski definition) is 2. The molecule has 1 aromatic rings. The van der Waals surface area contributed by atoms with Crippen molar-refractivity contribution in [2.45, 2.75) is 51.8 Å². The number of rotatable bonds is 7. The number of amides is 2. The van der Waals surface area contributed by atoms with Gasteiger partial charge in [0.05, 0.1) is 12.6 Å². The third kappa shape index (κ3) is 6.86. The number of likely N-dealkylation sites (tertiary alicyclic amines) is 1. The molecule has 1 aliphatic heterocycles. The van der Waals surface area contributed by atoms with Crippen molar-refractivity contribution in [3.8, 4) is 5.75 Å². The van der Waals surface area contributed by atoms with Crippen LogP contribution in [0.5, 0.6) is 5.75 Å². The Bertz CT molecular complexity index is 547. The van der Waals surface area contributed by atoms with Crippen molar-refractivity contribution in [3.05, 3.63) is 29.8 Å². The zero-order valence-electron chi connectivity index (χ0n) is 14.8.